The summed E-state index contributed by atoms with van der Waals surface area (Å²) in [6, 6.07) is 1.72. The van der Waals surface area contributed by atoms with Crippen molar-refractivity contribution in [3.63, 3.8) is 0 Å². The highest BCUT2D eigenvalue weighted by molar-refractivity contribution is 5.96. The van der Waals surface area contributed by atoms with E-state index in [1.54, 1.807) is 27.0 Å². The van der Waals surface area contributed by atoms with Crippen LogP contribution in [0.4, 0.5) is 0 Å². The lowest BCUT2D eigenvalue weighted by atomic mass is 10.2. The topological polar surface area (TPSA) is 98.2 Å². The summed E-state index contributed by atoms with van der Waals surface area (Å²) in [4.78, 5) is 22.0. The zero-order chi connectivity index (χ0) is 15.0. The number of pyridine rings is 1. The molecule has 0 aliphatic carbocycles. The lowest BCUT2D eigenvalue weighted by Gasteiger charge is -2.14. The molecule has 0 aliphatic rings. The van der Waals surface area contributed by atoms with Crippen LogP contribution in [0.3, 0.4) is 0 Å². The molecule has 108 valence electrons. The van der Waals surface area contributed by atoms with Crippen molar-refractivity contribution >= 4 is 17.0 Å². The average molecular weight is 287 g/mol. The van der Waals surface area contributed by atoms with E-state index in [2.05, 4.69) is 20.3 Å². The van der Waals surface area contributed by atoms with Crippen LogP contribution in [0.5, 0.6) is 0 Å². The van der Waals surface area contributed by atoms with Crippen LogP contribution in [0.25, 0.3) is 11.1 Å². The maximum Gasteiger partial charge on any atom is 0.257 e. The number of fused-ring (bicyclic) bond motifs is 1. The van der Waals surface area contributed by atoms with E-state index in [0.29, 0.717) is 28.7 Å². The van der Waals surface area contributed by atoms with Gasteiger partial charge in [-0.1, -0.05) is 10.3 Å². The quantitative estimate of drug-likeness (QED) is 0.719. The first kappa shape index (κ1) is 13.2. The fourth-order valence-electron chi connectivity index (χ4n) is 1.97. The molecule has 1 amide bonds. The van der Waals surface area contributed by atoms with Crippen molar-refractivity contribution in [2.75, 3.05) is 7.05 Å². The molecule has 0 radical (unpaired) electrons. The highest BCUT2D eigenvalue weighted by Gasteiger charge is 2.17. The third kappa shape index (κ3) is 2.47. The van der Waals surface area contributed by atoms with Crippen molar-refractivity contribution in [2.24, 2.45) is 0 Å². The average Bonchev–Trinajstić information content (AvgIpc) is 3.04. The van der Waals surface area contributed by atoms with Gasteiger partial charge in [-0.25, -0.2) is 4.98 Å². The summed E-state index contributed by atoms with van der Waals surface area (Å²) >= 11 is 0. The molecular formula is C13H13N5O3. The lowest BCUT2D eigenvalue weighted by molar-refractivity contribution is 0.0780. The maximum absolute atomic E-state index is 12.4. The van der Waals surface area contributed by atoms with Gasteiger partial charge in [0.25, 0.3) is 11.6 Å². The zero-order valence-electron chi connectivity index (χ0n) is 11.8. The van der Waals surface area contributed by atoms with Gasteiger partial charge in [0.15, 0.2) is 5.82 Å². The minimum Gasteiger partial charge on any atom is -0.340 e. The third-order valence-corrected chi connectivity index (χ3v) is 3.05. The third-order valence-electron chi connectivity index (χ3n) is 3.05. The fourth-order valence-corrected chi connectivity index (χ4v) is 1.97. The molecule has 0 aromatic carbocycles. The summed E-state index contributed by atoms with van der Waals surface area (Å²) in [5, 5.41) is 8.31. The van der Waals surface area contributed by atoms with E-state index in [1.165, 1.54) is 11.1 Å². The first-order valence-corrected chi connectivity index (χ1v) is 6.31. The van der Waals surface area contributed by atoms with Crippen molar-refractivity contribution in [1.29, 1.82) is 0 Å². The van der Waals surface area contributed by atoms with Gasteiger partial charge in [0, 0.05) is 20.2 Å². The first-order chi connectivity index (χ1) is 10.0. The molecule has 0 bridgehead atoms. The standard InChI is InChI=1S/C13H13N5O3/c1-7-10-4-9(5-14-12(10)21-16-7)13(19)18(3)6-11-15-8(2)20-17-11/h4-5H,6H2,1-3H3. The van der Waals surface area contributed by atoms with Gasteiger partial charge >= 0.3 is 0 Å². The molecule has 0 saturated heterocycles. The molecule has 21 heavy (non-hydrogen) atoms. The van der Waals surface area contributed by atoms with Gasteiger partial charge in [0.2, 0.25) is 5.89 Å². The molecule has 3 heterocycles. The molecule has 3 aromatic heterocycles. The SMILES string of the molecule is Cc1nc(CN(C)C(=O)c2cnc3onc(C)c3c2)no1. The number of aromatic nitrogens is 4. The molecule has 0 atom stereocenters. The Hall–Kier alpha value is -2.77. The lowest BCUT2D eigenvalue weighted by Crippen LogP contribution is -2.26. The van der Waals surface area contributed by atoms with Gasteiger partial charge in [-0.2, -0.15) is 4.98 Å². The highest BCUT2D eigenvalue weighted by Crippen LogP contribution is 2.17. The van der Waals surface area contributed by atoms with Gasteiger partial charge < -0.3 is 13.9 Å². The second kappa shape index (κ2) is 4.97. The van der Waals surface area contributed by atoms with E-state index >= 15 is 0 Å². The highest BCUT2D eigenvalue weighted by atomic mass is 16.5. The Morgan fingerprint density at radius 1 is 1.29 bits per heavy atom. The molecule has 3 aromatic rings. The maximum atomic E-state index is 12.4. The summed E-state index contributed by atoms with van der Waals surface area (Å²) in [5.41, 5.74) is 1.57. The van der Waals surface area contributed by atoms with Crippen molar-refractivity contribution in [1.82, 2.24) is 25.2 Å². The Labute approximate surface area is 119 Å². The summed E-state index contributed by atoms with van der Waals surface area (Å²) in [7, 11) is 1.67. The van der Waals surface area contributed by atoms with Crippen LogP contribution < -0.4 is 0 Å². The zero-order valence-corrected chi connectivity index (χ0v) is 11.8. The van der Waals surface area contributed by atoms with Crippen LogP contribution in [0, 0.1) is 13.8 Å². The number of amides is 1. The smallest absolute Gasteiger partial charge is 0.257 e. The van der Waals surface area contributed by atoms with E-state index in [9.17, 15) is 4.79 Å². The fraction of sp³-hybridized carbons (Fsp3) is 0.308. The molecule has 0 unspecified atom stereocenters. The van der Waals surface area contributed by atoms with Crippen molar-refractivity contribution < 1.29 is 13.8 Å². The van der Waals surface area contributed by atoms with Crippen LogP contribution in [-0.4, -0.2) is 38.1 Å². The second-order valence-electron chi connectivity index (χ2n) is 4.74. The Balaban J connectivity index is 1.83. The van der Waals surface area contributed by atoms with E-state index in [4.69, 9.17) is 9.05 Å². The molecule has 8 heteroatoms. The van der Waals surface area contributed by atoms with E-state index in [1.807, 2.05) is 0 Å². The van der Waals surface area contributed by atoms with E-state index in [0.717, 1.165) is 5.39 Å². The first-order valence-electron chi connectivity index (χ1n) is 6.31. The normalized spacial score (nSPS) is 11.0. The molecule has 3 rings (SSSR count). The van der Waals surface area contributed by atoms with Crippen LogP contribution in [0.1, 0.15) is 27.8 Å². The van der Waals surface area contributed by atoms with Crippen molar-refractivity contribution in [3.8, 4) is 0 Å². The van der Waals surface area contributed by atoms with E-state index in [-0.39, 0.29) is 12.5 Å². The minimum atomic E-state index is -0.188. The summed E-state index contributed by atoms with van der Waals surface area (Å²) < 4.78 is 9.91. The molecule has 8 nitrogen and oxygen atoms in total. The summed E-state index contributed by atoms with van der Waals surface area (Å²) in [5.74, 6) is 0.736. The molecule has 0 N–H and O–H groups in total. The van der Waals surface area contributed by atoms with Crippen LogP contribution in [0.15, 0.2) is 21.3 Å². The Morgan fingerprint density at radius 3 is 2.81 bits per heavy atom. The van der Waals surface area contributed by atoms with Gasteiger partial charge in [-0.05, 0) is 13.0 Å². The second-order valence-corrected chi connectivity index (χ2v) is 4.74. The van der Waals surface area contributed by atoms with Crippen LogP contribution in [0.2, 0.25) is 0 Å². The molecule has 0 spiro atoms. The number of carbonyl (C=O) groups excluding carboxylic acids is 1. The predicted octanol–water partition coefficient (Wildman–Crippen LogP) is 1.49. The number of carbonyl (C=O) groups is 1. The summed E-state index contributed by atoms with van der Waals surface area (Å²) in [6.07, 6.45) is 1.47. The van der Waals surface area contributed by atoms with Gasteiger partial charge in [-0.3, -0.25) is 4.79 Å². The molecular weight excluding hydrogens is 274 g/mol. The van der Waals surface area contributed by atoms with Crippen molar-refractivity contribution in [3.05, 3.63) is 35.2 Å². The number of rotatable bonds is 3. The monoisotopic (exact) mass is 287 g/mol. The molecule has 0 fully saturated rings. The Kier molecular flexibility index (Phi) is 3.13. The molecule has 0 aliphatic heterocycles. The van der Waals surface area contributed by atoms with Gasteiger partial charge in [0.1, 0.15) is 0 Å². The summed E-state index contributed by atoms with van der Waals surface area (Å²) in [6.45, 7) is 3.76. The number of hydrogen-bond acceptors (Lipinski definition) is 7. The number of aryl methyl sites for hydroxylation is 2. The van der Waals surface area contributed by atoms with Crippen molar-refractivity contribution in [2.45, 2.75) is 20.4 Å². The number of hydrogen-bond donors (Lipinski definition) is 0. The minimum absolute atomic E-state index is 0.188. The molecule has 0 saturated carbocycles. The van der Waals surface area contributed by atoms with Gasteiger partial charge in [0.05, 0.1) is 23.2 Å². The van der Waals surface area contributed by atoms with Crippen LogP contribution in [-0.2, 0) is 6.54 Å². The largest absolute Gasteiger partial charge is 0.340 e. The Morgan fingerprint density at radius 2 is 2.10 bits per heavy atom. The Bertz CT molecular complexity index is 807. The van der Waals surface area contributed by atoms with Gasteiger partial charge in [-0.15, -0.1) is 0 Å². The van der Waals surface area contributed by atoms with Crippen LogP contribution >= 0.6 is 0 Å². The number of nitrogens with zero attached hydrogens (tertiary/aromatic N) is 5. The van der Waals surface area contributed by atoms with E-state index < -0.39 is 0 Å². The predicted molar refractivity (Wildman–Crippen MR) is 71.4 cm³/mol.